The second-order valence-corrected chi connectivity index (χ2v) is 8.93. The van der Waals surface area contributed by atoms with Gasteiger partial charge in [0.05, 0.1) is 0 Å². The Morgan fingerprint density at radius 3 is 2.68 bits per heavy atom. The number of Topliss-reactive ketones (excluding diaryl/α,β-unsaturated/α-hetero) is 1. The minimum Gasteiger partial charge on any atom is -0.303 e. The van der Waals surface area contributed by atoms with Gasteiger partial charge in [0, 0.05) is 23.9 Å². The maximum Gasteiger partial charge on any atom is 0.163 e. The zero-order valence-corrected chi connectivity index (χ0v) is 19.2. The molecule has 0 atom stereocenters. The number of benzene rings is 2. The molecule has 4 rings (SSSR count). The van der Waals surface area contributed by atoms with Gasteiger partial charge in [0.15, 0.2) is 5.78 Å². The number of aliphatic imine (C=N–C) groups is 1. The summed E-state index contributed by atoms with van der Waals surface area (Å²) in [7, 11) is 0. The van der Waals surface area contributed by atoms with Gasteiger partial charge in [-0.05, 0) is 112 Å². The molecule has 0 N–H and O–H groups in total. The van der Waals surface area contributed by atoms with Crippen molar-refractivity contribution in [1.82, 2.24) is 4.90 Å². The summed E-state index contributed by atoms with van der Waals surface area (Å²) in [4.78, 5) is 19.6. The fourth-order valence-electron chi connectivity index (χ4n) is 5.01. The molecule has 1 aliphatic heterocycles. The van der Waals surface area contributed by atoms with E-state index in [4.69, 9.17) is 0 Å². The fourth-order valence-corrected chi connectivity index (χ4v) is 5.01. The Hall–Kier alpha value is -2.52. The number of carbonyl (C=O) groups excluding carboxylic acids is 1. The summed E-state index contributed by atoms with van der Waals surface area (Å²) >= 11 is 0. The van der Waals surface area contributed by atoms with Gasteiger partial charge in [0.2, 0.25) is 0 Å². The second-order valence-electron chi connectivity index (χ2n) is 8.93. The Kier molecular flexibility index (Phi) is 6.82. The molecule has 0 aromatic heterocycles. The van der Waals surface area contributed by atoms with Gasteiger partial charge in [-0.3, -0.25) is 9.79 Å². The minimum absolute atomic E-state index is 0.291. The molecule has 1 heterocycles. The summed E-state index contributed by atoms with van der Waals surface area (Å²) in [6, 6.07) is 10.9. The summed E-state index contributed by atoms with van der Waals surface area (Å²) < 4.78 is 0. The highest BCUT2D eigenvalue weighted by Crippen LogP contribution is 2.38. The van der Waals surface area contributed by atoms with E-state index in [2.05, 4.69) is 54.1 Å². The highest BCUT2D eigenvalue weighted by Gasteiger charge is 2.25. The summed E-state index contributed by atoms with van der Waals surface area (Å²) in [6.45, 7) is 9.89. The molecule has 2 aromatic rings. The average Bonchev–Trinajstić information content (AvgIpc) is 3.42. The van der Waals surface area contributed by atoms with E-state index in [0.29, 0.717) is 12.2 Å². The van der Waals surface area contributed by atoms with Crippen LogP contribution in [0.2, 0.25) is 0 Å². The van der Waals surface area contributed by atoms with Crippen molar-refractivity contribution in [3.8, 4) is 11.1 Å². The number of rotatable bonds is 7. The first-order valence-electron chi connectivity index (χ1n) is 11.8. The quantitative estimate of drug-likeness (QED) is 0.508. The number of ketones is 1. The van der Waals surface area contributed by atoms with Crippen LogP contribution in [0.1, 0.15) is 72.1 Å². The van der Waals surface area contributed by atoms with Crippen molar-refractivity contribution >= 4 is 11.5 Å². The highest BCUT2D eigenvalue weighted by atomic mass is 16.1. The molecule has 1 fully saturated rings. The van der Waals surface area contributed by atoms with Crippen LogP contribution >= 0.6 is 0 Å². The van der Waals surface area contributed by atoms with E-state index in [0.717, 1.165) is 29.7 Å². The Bertz CT molecular complexity index is 1030. The molecule has 0 saturated carbocycles. The lowest BCUT2D eigenvalue weighted by molar-refractivity contribution is 0.0994. The average molecular weight is 415 g/mol. The van der Waals surface area contributed by atoms with Crippen LogP contribution in [0.4, 0.5) is 0 Å². The van der Waals surface area contributed by atoms with Crippen LogP contribution < -0.4 is 0 Å². The predicted molar refractivity (Wildman–Crippen MR) is 130 cm³/mol. The monoisotopic (exact) mass is 414 g/mol. The largest absolute Gasteiger partial charge is 0.303 e. The topological polar surface area (TPSA) is 32.7 Å². The molecule has 0 radical (unpaired) electrons. The van der Waals surface area contributed by atoms with Gasteiger partial charge >= 0.3 is 0 Å². The van der Waals surface area contributed by atoms with Crippen molar-refractivity contribution in [2.24, 2.45) is 4.99 Å². The fraction of sp³-hybridized carbons (Fsp3) is 0.429. The second kappa shape index (κ2) is 9.74. The van der Waals surface area contributed by atoms with Crippen LogP contribution in [0, 0.1) is 6.92 Å². The Balaban J connectivity index is 1.73. The molecule has 0 unspecified atom stereocenters. The van der Waals surface area contributed by atoms with Gasteiger partial charge in [0.25, 0.3) is 0 Å². The lowest BCUT2D eigenvalue weighted by atomic mass is 9.86. The first-order chi connectivity index (χ1) is 15.1. The van der Waals surface area contributed by atoms with Gasteiger partial charge in [0.1, 0.15) is 0 Å². The van der Waals surface area contributed by atoms with Crippen LogP contribution in [0.15, 0.2) is 47.6 Å². The van der Waals surface area contributed by atoms with Crippen molar-refractivity contribution in [3.63, 3.8) is 0 Å². The first kappa shape index (κ1) is 21.7. The van der Waals surface area contributed by atoms with E-state index in [1.165, 1.54) is 66.7 Å². The van der Waals surface area contributed by atoms with Crippen LogP contribution in [0.3, 0.4) is 0 Å². The molecule has 0 amide bonds. The van der Waals surface area contributed by atoms with Gasteiger partial charge in [-0.1, -0.05) is 30.3 Å². The van der Waals surface area contributed by atoms with E-state index in [1.807, 2.05) is 19.2 Å². The number of fused-ring (bicyclic) bond motifs is 1. The number of allylic oxidation sites excluding steroid dienone is 1. The number of nitrogens with zero attached hydrogens (tertiary/aromatic N) is 2. The normalized spacial score (nSPS) is 17.1. The number of hydrogen-bond donors (Lipinski definition) is 0. The third-order valence-corrected chi connectivity index (χ3v) is 6.76. The number of carbonyl (C=O) groups is 1. The zero-order valence-electron chi connectivity index (χ0n) is 19.2. The van der Waals surface area contributed by atoms with Gasteiger partial charge in [-0.2, -0.15) is 0 Å². The van der Waals surface area contributed by atoms with E-state index in [1.54, 1.807) is 0 Å². The van der Waals surface area contributed by atoms with E-state index in [9.17, 15) is 4.79 Å². The zero-order chi connectivity index (χ0) is 21.8. The van der Waals surface area contributed by atoms with Crippen molar-refractivity contribution in [2.75, 3.05) is 19.6 Å². The molecule has 2 aromatic carbocycles. The maximum absolute atomic E-state index is 12.5. The molecule has 0 bridgehead atoms. The molecule has 1 saturated heterocycles. The van der Waals surface area contributed by atoms with Crippen molar-refractivity contribution in [2.45, 2.75) is 59.3 Å². The van der Waals surface area contributed by atoms with Gasteiger partial charge < -0.3 is 4.90 Å². The Morgan fingerprint density at radius 1 is 1.10 bits per heavy atom. The molecular weight excluding hydrogens is 380 g/mol. The summed E-state index contributed by atoms with van der Waals surface area (Å²) in [5.41, 5.74) is 9.56. The lowest BCUT2D eigenvalue weighted by Gasteiger charge is -2.19. The minimum atomic E-state index is 0.291. The molecule has 3 heteroatoms. The molecule has 2 aliphatic rings. The first-order valence-corrected chi connectivity index (χ1v) is 11.8. The standard InChI is InChI=1S/C28H34N2O/c1-4-15-29-21(3)23-10-9-20(2)26(19-23)28-22(8-7-18-30-16-5-6-17-30)11-12-24-25(28)13-14-27(24)31/h4,9-12,15,19H,5-8,13-14,16-18H2,1-3H3/b15-4-,29-21?. The summed E-state index contributed by atoms with van der Waals surface area (Å²) in [5, 5.41) is 0. The Labute approximate surface area is 186 Å². The van der Waals surface area contributed by atoms with Crippen molar-refractivity contribution in [1.29, 1.82) is 0 Å². The molecule has 31 heavy (non-hydrogen) atoms. The third-order valence-electron chi connectivity index (χ3n) is 6.76. The number of likely N-dealkylation sites (tertiary alicyclic amines) is 1. The predicted octanol–water partition coefficient (Wildman–Crippen LogP) is 6.16. The summed E-state index contributed by atoms with van der Waals surface area (Å²) in [5.74, 6) is 0.291. The summed E-state index contributed by atoms with van der Waals surface area (Å²) in [6.07, 6.45) is 10.2. The molecule has 0 spiro atoms. The van der Waals surface area contributed by atoms with Gasteiger partial charge in [-0.25, -0.2) is 0 Å². The molecule has 1 aliphatic carbocycles. The van der Waals surface area contributed by atoms with Crippen LogP contribution in [0.5, 0.6) is 0 Å². The molecular formula is C28H34N2O. The van der Waals surface area contributed by atoms with Crippen LogP contribution in [-0.4, -0.2) is 36.0 Å². The SMILES string of the molecule is C/C=C\N=C(C)c1ccc(C)c(-c2c(CCCN3CCCC3)ccc3c2CCC3=O)c1. The maximum atomic E-state index is 12.5. The lowest BCUT2D eigenvalue weighted by Crippen LogP contribution is -2.20. The third kappa shape index (κ3) is 4.72. The van der Waals surface area contributed by atoms with Crippen molar-refractivity contribution in [3.05, 3.63) is 70.4 Å². The van der Waals surface area contributed by atoms with Gasteiger partial charge in [-0.15, -0.1) is 0 Å². The van der Waals surface area contributed by atoms with Crippen molar-refractivity contribution < 1.29 is 4.79 Å². The Morgan fingerprint density at radius 2 is 1.90 bits per heavy atom. The van der Waals surface area contributed by atoms with E-state index < -0.39 is 0 Å². The molecule has 162 valence electrons. The number of aryl methyl sites for hydroxylation is 2. The molecule has 3 nitrogen and oxygen atoms in total. The smallest absolute Gasteiger partial charge is 0.163 e. The van der Waals surface area contributed by atoms with Crippen LogP contribution in [0.25, 0.3) is 11.1 Å². The highest BCUT2D eigenvalue weighted by molar-refractivity contribution is 6.04. The number of hydrogen-bond acceptors (Lipinski definition) is 3. The van der Waals surface area contributed by atoms with E-state index >= 15 is 0 Å². The van der Waals surface area contributed by atoms with Crippen LogP contribution in [-0.2, 0) is 12.8 Å². The van der Waals surface area contributed by atoms with E-state index in [-0.39, 0.29) is 0 Å².